The summed E-state index contributed by atoms with van der Waals surface area (Å²) >= 11 is 0. The first kappa shape index (κ1) is 12.9. The fourth-order valence-electron chi connectivity index (χ4n) is 2.14. The van der Waals surface area contributed by atoms with Gasteiger partial charge in [0, 0.05) is 30.6 Å². The van der Waals surface area contributed by atoms with Gasteiger partial charge in [-0.25, -0.2) is 9.97 Å². The van der Waals surface area contributed by atoms with Crippen molar-refractivity contribution in [2.45, 2.75) is 0 Å². The number of nitrogens with one attached hydrogen (secondary N) is 1. The third-order valence-electron chi connectivity index (χ3n) is 3.19. The molecule has 0 atom stereocenters. The SMILES string of the molecule is CNc1cc(-c2cc(C#N)n(-c3ccccc3)c2)ncn1. The molecule has 0 spiro atoms. The number of rotatable bonds is 3. The summed E-state index contributed by atoms with van der Waals surface area (Å²) < 4.78 is 1.86. The molecular weight excluding hydrogens is 262 g/mol. The fourth-order valence-corrected chi connectivity index (χ4v) is 2.14. The standard InChI is InChI=1S/C16H13N5/c1-18-16-8-15(19-11-20-16)12-7-14(9-17)21(10-12)13-5-3-2-4-6-13/h2-8,10-11H,1H3,(H,18,19,20). The zero-order valence-electron chi connectivity index (χ0n) is 11.5. The molecule has 102 valence electrons. The Kier molecular flexibility index (Phi) is 3.36. The van der Waals surface area contributed by atoms with Crippen molar-refractivity contribution in [1.29, 1.82) is 5.26 Å². The van der Waals surface area contributed by atoms with E-state index in [1.54, 1.807) is 0 Å². The molecule has 0 saturated heterocycles. The molecule has 0 fully saturated rings. The summed E-state index contributed by atoms with van der Waals surface area (Å²) in [5, 5.41) is 12.3. The minimum atomic E-state index is 0.570. The van der Waals surface area contributed by atoms with Crippen molar-refractivity contribution in [1.82, 2.24) is 14.5 Å². The quantitative estimate of drug-likeness (QED) is 0.798. The Morgan fingerprint density at radius 1 is 1.14 bits per heavy atom. The van der Waals surface area contributed by atoms with Crippen LogP contribution in [-0.2, 0) is 0 Å². The Labute approximate surface area is 122 Å². The summed E-state index contributed by atoms with van der Waals surface area (Å²) in [5.41, 5.74) is 3.18. The van der Waals surface area contributed by atoms with Crippen LogP contribution in [-0.4, -0.2) is 21.6 Å². The van der Waals surface area contributed by atoms with Crippen molar-refractivity contribution in [3.8, 4) is 23.0 Å². The highest BCUT2D eigenvalue weighted by atomic mass is 15.0. The van der Waals surface area contributed by atoms with Gasteiger partial charge in [-0.3, -0.25) is 0 Å². The van der Waals surface area contributed by atoms with Crippen LogP contribution in [0.2, 0.25) is 0 Å². The molecule has 0 unspecified atom stereocenters. The molecule has 5 nitrogen and oxygen atoms in total. The zero-order chi connectivity index (χ0) is 14.7. The zero-order valence-corrected chi connectivity index (χ0v) is 11.5. The molecule has 1 aromatic carbocycles. The van der Waals surface area contributed by atoms with Crippen LogP contribution in [0.5, 0.6) is 0 Å². The monoisotopic (exact) mass is 275 g/mol. The largest absolute Gasteiger partial charge is 0.373 e. The van der Waals surface area contributed by atoms with Gasteiger partial charge in [0.05, 0.1) is 5.69 Å². The second-order valence-electron chi connectivity index (χ2n) is 4.47. The minimum absolute atomic E-state index is 0.570. The van der Waals surface area contributed by atoms with Gasteiger partial charge in [-0.05, 0) is 18.2 Å². The predicted octanol–water partition coefficient (Wildman–Crippen LogP) is 2.85. The van der Waals surface area contributed by atoms with Gasteiger partial charge >= 0.3 is 0 Å². The summed E-state index contributed by atoms with van der Waals surface area (Å²) in [6.45, 7) is 0. The van der Waals surface area contributed by atoms with Gasteiger partial charge in [0.1, 0.15) is 23.9 Å². The Balaban J connectivity index is 2.10. The van der Waals surface area contributed by atoms with Gasteiger partial charge in [0.2, 0.25) is 0 Å². The van der Waals surface area contributed by atoms with Crippen LogP contribution in [0.3, 0.4) is 0 Å². The molecule has 0 saturated carbocycles. The van der Waals surface area contributed by atoms with Crippen LogP contribution in [0.4, 0.5) is 5.82 Å². The number of benzene rings is 1. The molecule has 0 amide bonds. The molecule has 3 aromatic rings. The van der Waals surface area contributed by atoms with E-state index in [0.717, 1.165) is 22.8 Å². The summed E-state index contributed by atoms with van der Waals surface area (Å²) in [7, 11) is 1.81. The lowest BCUT2D eigenvalue weighted by Crippen LogP contribution is -1.94. The van der Waals surface area contributed by atoms with E-state index < -0.39 is 0 Å². The third kappa shape index (κ3) is 2.47. The van der Waals surface area contributed by atoms with Gasteiger partial charge in [-0.15, -0.1) is 0 Å². The number of nitrogens with zero attached hydrogens (tertiary/aromatic N) is 4. The van der Waals surface area contributed by atoms with E-state index >= 15 is 0 Å². The summed E-state index contributed by atoms with van der Waals surface area (Å²) in [4.78, 5) is 8.36. The molecular formula is C16H13N5. The normalized spacial score (nSPS) is 10.1. The summed E-state index contributed by atoms with van der Waals surface area (Å²) in [6, 6.07) is 15.7. The van der Waals surface area contributed by atoms with E-state index in [2.05, 4.69) is 21.4 Å². The molecule has 5 heteroatoms. The Morgan fingerprint density at radius 2 is 1.95 bits per heavy atom. The highest BCUT2D eigenvalue weighted by Crippen LogP contribution is 2.24. The van der Waals surface area contributed by atoms with Crippen molar-refractivity contribution in [3.05, 3.63) is 60.7 Å². The minimum Gasteiger partial charge on any atom is -0.373 e. The van der Waals surface area contributed by atoms with E-state index in [1.165, 1.54) is 6.33 Å². The van der Waals surface area contributed by atoms with Crippen LogP contribution in [0.25, 0.3) is 16.9 Å². The molecule has 0 aliphatic carbocycles. The van der Waals surface area contributed by atoms with E-state index in [1.807, 2.05) is 60.3 Å². The van der Waals surface area contributed by atoms with Gasteiger partial charge in [0.15, 0.2) is 0 Å². The van der Waals surface area contributed by atoms with Crippen LogP contribution in [0.1, 0.15) is 5.69 Å². The molecule has 21 heavy (non-hydrogen) atoms. The van der Waals surface area contributed by atoms with Crippen LogP contribution in [0, 0.1) is 11.3 Å². The molecule has 3 rings (SSSR count). The first-order valence-electron chi connectivity index (χ1n) is 6.50. The molecule has 0 bridgehead atoms. The maximum atomic E-state index is 9.32. The first-order valence-corrected chi connectivity index (χ1v) is 6.50. The average molecular weight is 275 g/mol. The lowest BCUT2D eigenvalue weighted by molar-refractivity contribution is 1.05. The van der Waals surface area contributed by atoms with Gasteiger partial charge < -0.3 is 9.88 Å². The van der Waals surface area contributed by atoms with E-state index in [4.69, 9.17) is 0 Å². The Bertz CT molecular complexity index is 799. The van der Waals surface area contributed by atoms with Crippen molar-refractivity contribution < 1.29 is 0 Å². The second kappa shape index (κ2) is 5.47. The molecule has 2 heterocycles. The number of anilines is 1. The fraction of sp³-hybridized carbons (Fsp3) is 0.0625. The second-order valence-corrected chi connectivity index (χ2v) is 4.47. The molecule has 2 aromatic heterocycles. The molecule has 0 aliphatic rings. The smallest absolute Gasteiger partial charge is 0.129 e. The number of aromatic nitrogens is 3. The first-order chi connectivity index (χ1) is 10.3. The van der Waals surface area contributed by atoms with Crippen LogP contribution in [0.15, 0.2) is 55.0 Å². The van der Waals surface area contributed by atoms with Crippen molar-refractivity contribution in [2.24, 2.45) is 0 Å². The predicted molar refractivity (Wildman–Crippen MR) is 81.1 cm³/mol. The van der Waals surface area contributed by atoms with Gasteiger partial charge in [-0.1, -0.05) is 18.2 Å². The van der Waals surface area contributed by atoms with Crippen molar-refractivity contribution in [3.63, 3.8) is 0 Å². The maximum absolute atomic E-state index is 9.32. The van der Waals surface area contributed by atoms with Gasteiger partial charge in [0.25, 0.3) is 0 Å². The van der Waals surface area contributed by atoms with E-state index in [0.29, 0.717) is 5.69 Å². The van der Waals surface area contributed by atoms with Crippen molar-refractivity contribution >= 4 is 5.82 Å². The Hall–Kier alpha value is -3.13. The lowest BCUT2D eigenvalue weighted by atomic mass is 10.2. The van der Waals surface area contributed by atoms with Crippen molar-refractivity contribution in [2.75, 3.05) is 12.4 Å². The Morgan fingerprint density at radius 3 is 2.67 bits per heavy atom. The average Bonchev–Trinajstić information content (AvgIpc) is 3.00. The molecule has 0 aliphatic heterocycles. The number of nitriles is 1. The summed E-state index contributed by atoms with van der Waals surface area (Å²) in [6.07, 6.45) is 3.42. The van der Waals surface area contributed by atoms with E-state index in [9.17, 15) is 5.26 Å². The highest BCUT2D eigenvalue weighted by Gasteiger charge is 2.10. The summed E-state index contributed by atoms with van der Waals surface area (Å²) in [5.74, 6) is 0.742. The molecule has 0 radical (unpaired) electrons. The number of hydrogen-bond acceptors (Lipinski definition) is 4. The maximum Gasteiger partial charge on any atom is 0.129 e. The topological polar surface area (TPSA) is 66.5 Å². The number of hydrogen-bond donors (Lipinski definition) is 1. The van der Waals surface area contributed by atoms with E-state index in [-0.39, 0.29) is 0 Å². The van der Waals surface area contributed by atoms with Crippen LogP contribution < -0.4 is 5.32 Å². The molecule has 1 N–H and O–H groups in total. The number of para-hydroxylation sites is 1. The van der Waals surface area contributed by atoms with Gasteiger partial charge in [-0.2, -0.15) is 5.26 Å². The third-order valence-corrected chi connectivity index (χ3v) is 3.19. The lowest BCUT2D eigenvalue weighted by Gasteiger charge is -2.03. The highest BCUT2D eigenvalue weighted by molar-refractivity contribution is 5.64. The van der Waals surface area contributed by atoms with Crippen LogP contribution >= 0.6 is 0 Å².